The smallest absolute Gasteiger partial charge is 0.241 e. The van der Waals surface area contributed by atoms with Gasteiger partial charge in [0.15, 0.2) is 0 Å². The summed E-state index contributed by atoms with van der Waals surface area (Å²) < 4.78 is 0.759. The normalized spacial score (nSPS) is 13.8. The van der Waals surface area contributed by atoms with Gasteiger partial charge in [-0.1, -0.05) is 29.8 Å². The first kappa shape index (κ1) is 15.0. The molecule has 20 heavy (non-hydrogen) atoms. The average Bonchev–Trinajstić information content (AvgIpc) is 2.86. The lowest BCUT2D eigenvalue weighted by atomic mass is 10.2. The SMILES string of the molecule is CC(NC(C)c1ccc(Cl)s1)C(=O)Nc1ccccc1. The van der Waals surface area contributed by atoms with E-state index in [1.807, 2.05) is 56.3 Å². The van der Waals surface area contributed by atoms with Crippen LogP contribution in [-0.4, -0.2) is 11.9 Å². The highest BCUT2D eigenvalue weighted by Gasteiger charge is 2.17. The van der Waals surface area contributed by atoms with Crippen LogP contribution < -0.4 is 10.6 Å². The van der Waals surface area contributed by atoms with Crippen LogP contribution >= 0.6 is 22.9 Å². The van der Waals surface area contributed by atoms with Gasteiger partial charge in [0.25, 0.3) is 0 Å². The molecule has 3 nitrogen and oxygen atoms in total. The van der Waals surface area contributed by atoms with Crippen LogP contribution in [0.3, 0.4) is 0 Å². The Morgan fingerprint density at radius 3 is 2.45 bits per heavy atom. The second-order valence-electron chi connectivity index (χ2n) is 4.61. The Morgan fingerprint density at radius 1 is 1.15 bits per heavy atom. The predicted octanol–water partition coefficient (Wildman–Crippen LogP) is 4.08. The summed E-state index contributed by atoms with van der Waals surface area (Å²) in [5, 5.41) is 6.15. The molecule has 0 aliphatic heterocycles. The van der Waals surface area contributed by atoms with Crippen molar-refractivity contribution in [2.75, 3.05) is 5.32 Å². The number of carbonyl (C=O) groups excluding carboxylic acids is 1. The van der Waals surface area contributed by atoms with Gasteiger partial charge in [-0.25, -0.2) is 0 Å². The summed E-state index contributed by atoms with van der Waals surface area (Å²) >= 11 is 7.45. The lowest BCUT2D eigenvalue weighted by Crippen LogP contribution is -2.39. The molecule has 2 N–H and O–H groups in total. The highest BCUT2D eigenvalue weighted by molar-refractivity contribution is 7.16. The summed E-state index contributed by atoms with van der Waals surface area (Å²) in [5.74, 6) is -0.0503. The molecule has 1 aromatic heterocycles. The average molecular weight is 309 g/mol. The minimum Gasteiger partial charge on any atom is -0.325 e. The Labute approximate surface area is 128 Å². The van der Waals surface area contributed by atoms with E-state index in [0.717, 1.165) is 14.9 Å². The van der Waals surface area contributed by atoms with E-state index in [0.29, 0.717) is 0 Å². The Bertz CT molecular complexity index is 570. The minimum atomic E-state index is -0.286. The molecule has 0 aliphatic carbocycles. The van der Waals surface area contributed by atoms with Crippen molar-refractivity contribution in [1.82, 2.24) is 5.32 Å². The molecule has 2 aromatic rings. The standard InChI is InChI=1S/C15H17ClN2OS/c1-10(13-8-9-14(16)20-13)17-11(2)15(19)18-12-6-4-3-5-7-12/h3-11,17H,1-2H3,(H,18,19). The number of thiophene rings is 1. The number of nitrogens with one attached hydrogen (secondary N) is 2. The maximum Gasteiger partial charge on any atom is 0.241 e. The van der Waals surface area contributed by atoms with Gasteiger partial charge in [-0.3, -0.25) is 10.1 Å². The number of carbonyl (C=O) groups is 1. The van der Waals surface area contributed by atoms with Crippen molar-refractivity contribution in [2.24, 2.45) is 0 Å². The Kier molecular flexibility index (Phi) is 5.17. The molecule has 2 atom stereocenters. The first-order valence-corrected chi connectivity index (χ1v) is 7.63. The van der Waals surface area contributed by atoms with Gasteiger partial charge in [0.2, 0.25) is 5.91 Å². The zero-order chi connectivity index (χ0) is 14.5. The predicted molar refractivity (Wildman–Crippen MR) is 85.4 cm³/mol. The monoisotopic (exact) mass is 308 g/mol. The summed E-state index contributed by atoms with van der Waals surface area (Å²) in [4.78, 5) is 13.2. The second-order valence-corrected chi connectivity index (χ2v) is 6.35. The number of rotatable bonds is 5. The molecule has 1 amide bonds. The number of hydrogen-bond donors (Lipinski definition) is 2. The van der Waals surface area contributed by atoms with Crippen LogP contribution in [0, 0.1) is 0 Å². The van der Waals surface area contributed by atoms with E-state index in [-0.39, 0.29) is 18.0 Å². The molecular weight excluding hydrogens is 292 g/mol. The fourth-order valence-electron chi connectivity index (χ4n) is 1.87. The summed E-state index contributed by atoms with van der Waals surface area (Å²) in [5.41, 5.74) is 0.804. The lowest BCUT2D eigenvalue weighted by molar-refractivity contribution is -0.117. The molecule has 1 heterocycles. The van der Waals surface area contributed by atoms with E-state index in [1.54, 1.807) is 0 Å². The number of hydrogen-bond acceptors (Lipinski definition) is 3. The summed E-state index contributed by atoms with van der Waals surface area (Å²) in [6, 6.07) is 13.1. The Morgan fingerprint density at radius 2 is 1.85 bits per heavy atom. The van der Waals surface area contributed by atoms with Gasteiger partial charge in [0.1, 0.15) is 0 Å². The van der Waals surface area contributed by atoms with Crippen molar-refractivity contribution >= 4 is 34.5 Å². The first-order valence-electron chi connectivity index (χ1n) is 6.43. The molecule has 0 saturated carbocycles. The zero-order valence-electron chi connectivity index (χ0n) is 11.4. The maximum absolute atomic E-state index is 12.1. The number of para-hydroxylation sites is 1. The first-order chi connectivity index (χ1) is 9.56. The van der Waals surface area contributed by atoms with Crippen molar-refractivity contribution in [3.05, 3.63) is 51.7 Å². The van der Waals surface area contributed by atoms with Crippen LogP contribution in [0.4, 0.5) is 5.69 Å². The van der Waals surface area contributed by atoms with E-state index in [2.05, 4.69) is 10.6 Å². The van der Waals surface area contributed by atoms with E-state index in [1.165, 1.54) is 11.3 Å². The van der Waals surface area contributed by atoms with Crippen molar-refractivity contribution in [1.29, 1.82) is 0 Å². The summed E-state index contributed by atoms with van der Waals surface area (Å²) in [7, 11) is 0. The van der Waals surface area contributed by atoms with Gasteiger partial charge < -0.3 is 5.32 Å². The molecule has 0 fully saturated rings. The molecule has 5 heteroatoms. The maximum atomic E-state index is 12.1. The van der Waals surface area contributed by atoms with Gasteiger partial charge in [-0.15, -0.1) is 11.3 Å². The molecule has 106 valence electrons. The van der Waals surface area contributed by atoms with Gasteiger partial charge >= 0.3 is 0 Å². The van der Waals surface area contributed by atoms with Crippen molar-refractivity contribution in [2.45, 2.75) is 25.9 Å². The zero-order valence-corrected chi connectivity index (χ0v) is 13.0. The highest BCUT2D eigenvalue weighted by Crippen LogP contribution is 2.26. The van der Waals surface area contributed by atoms with Crippen molar-refractivity contribution in [3.63, 3.8) is 0 Å². The van der Waals surface area contributed by atoms with E-state index in [9.17, 15) is 4.79 Å². The highest BCUT2D eigenvalue weighted by atomic mass is 35.5. The summed E-state index contributed by atoms with van der Waals surface area (Å²) in [6.45, 7) is 3.87. The van der Waals surface area contributed by atoms with Gasteiger partial charge in [-0.2, -0.15) is 0 Å². The molecule has 0 aliphatic rings. The molecule has 0 spiro atoms. The second kappa shape index (κ2) is 6.88. The van der Waals surface area contributed by atoms with Crippen LogP contribution in [0.25, 0.3) is 0 Å². The van der Waals surface area contributed by atoms with Gasteiger partial charge in [0, 0.05) is 16.6 Å². The summed E-state index contributed by atoms with van der Waals surface area (Å²) in [6.07, 6.45) is 0. The van der Waals surface area contributed by atoms with Crippen LogP contribution in [0.2, 0.25) is 4.34 Å². The van der Waals surface area contributed by atoms with E-state index < -0.39 is 0 Å². The molecule has 1 aromatic carbocycles. The van der Waals surface area contributed by atoms with Crippen LogP contribution in [0.5, 0.6) is 0 Å². The molecule has 2 rings (SSSR count). The van der Waals surface area contributed by atoms with E-state index >= 15 is 0 Å². The Hall–Kier alpha value is -1.36. The topological polar surface area (TPSA) is 41.1 Å². The Balaban J connectivity index is 1.91. The van der Waals surface area contributed by atoms with Crippen LogP contribution in [0.1, 0.15) is 24.8 Å². The van der Waals surface area contributed by atoms with Crippen molar-refractivity contribution in [3.8, 4) is 0 Å². The van der Waals surface area contributed by atoms with E-state index in [4.69, 9.17) is 11.6 Å². The third-order valence-electron chi connectivity index (χ3n) is 2.96. The molecule has 2 unspecified atom stereocenters. The number of amides is 1. The number of benzene rings is 1. The van der Waals surface area contributed by atoms with Gasteiger partial charge in [-0.05, 0) is 38.1 Å². The molecular formula is C15H17ClN2OS. The number of halogens is 1. The molecule has 0 bridgehead atoms. The van der Waals surface area contributed by atoms with Crippen LogP contribution in [-0.2, 0) is 4.79 Å². The van der Waals surface area contributed by atoms with Crippen LogP contribution in [0.15, 0.2) is 42.5 Å². The lowest BCUT2D eigenvalue weighted by Gasteiger charge is -2.18. The fourth-order valence-corrected chi connectivity index (χ4v) is 2.94. The minimum absolute atomic E-state index is 0.0503. The van der Waals surface area contributed by atoms with Crippen molar-refractivity contribution < 1.29 is 4.79 Å². The third-order valence-corrected chi connectivity index (χ3v) is 4.37. The van der Waals surface area contributed by atoms with Gasteiger partial charge in [0.05, 0.1) is 10.4 Å². The molecule has 0 radical (unpaired) electrons. The third kappa shape index (κ3) is 4.07. The number of anilines is 1. The quantitative estimate of drug-likeness (QED) is 0.874. The largest absolute Gasteiger partial charge is 0.325 e. The molecule has 0 saturated heterocycles. The fraction of sp³-hybridized carbons (Fsp3) is 0.267.